The first-order valence-electron chi connectivity index (χ1n) is 18.5. The SMILES string of the molecule is c1ccc(-c2ccc(-c3nc(-c4c5ccccc5c(-c5cccc6ccccc56)c5ccccc45)nc(-c4cccc5c4oc4ccccc45)n3)cc2)cc1. The summed E-state index contributed by atoms with van der Waals surface area (Å²) >= 11 is 0. The van der Waals surface area contributed by atoms with E-state index in [1.165, 1.54) is 21.9 Å². The first-order valence-corrected chi connectivity index (χ1v) is 18.5. The molecule has 0 unspecified atom stereocenters. The molecule has 0 saturated heterocycles. The van der Waals surface area contributed by atoms with Crippen LogP contribution < -0.4 is 0 Å². The van der Waals surface area contributed by atoms with Gasteiger partial charge in [0.1, 0.15) is 11.2 Å². The number of nitrogens with zero attached hydrogens (tertiary/aromatic N) is 3. The fraction of sp³-hybridized carbons (Fsp3) is 0. The average Bonchev–Trinajstić information content (AvgIpc) is 3.65. The molecule has 0 atom stereocenters. The maximum Gasteiger partial charge on any atom is 0.167 e. The Bertz CT molecular complexity index is 3190. The Labute approximate surface area is 317 Å². The van der Waals surface area contributed by atoms with Crippen LogP contribution in [0.5, 0.6) is 0 Å². The maximum atomic E-state index is 6.53. The summed E-state index contributed by atoms with van der Waals surface area (Å²) in [6.07, 6.45) is 0. The second-order valence-corrected chi connectivity index (χ2v) is 13.9. The van der Waals surface area contributed by atoms with Crippen molar-refractivity contribution in [1.82, 2.24) is 15.0 Å². The van der Waals surface area contributed by atoms with Crippen LogP contribution in [-0.4, -0.2) is 15.0 Å². The van der Waals surface area contributed by atoms with Gasteiger partial charge in [0.15, 0.2) is 17.5 Å². The van der Waals surface area contributed by atoms with Crippen molar-refractivity contribution in [3.63, 3.8) is 0 Å². The minimum absolute atomic E-state index is 0.558. The van der Waals surface area contributed by atoms with E-state index >= 15 is 0 Å². The molecule has 0 aliphatic rings. The Morgan fingerprint density at radius 3 is 1.53 bits per heavy atom. The molecule has 4 nitrogen and oxygen atoms in total. The third kappa shape index (κ3) is 5.11. The van der Waals surface area contributed by atoms with Crippen LogP contribution in [0, 0.1) is 0 Å². The van der Waals surface area contributed by atoms with Crippen molar-refractivity contribution < 1.29 is 4.42 Å². The number of fused-ring (bicyclic) bond motifs is 6. The molecule has 4 heteroatoms. The fourth-order valence-corrected chi connectivity index (χ4v) is 8.21. The molecule has 256 valence electrons. The molecule has 11 rings (SSSR count). The van der Waals surface area contributed by atoms with Gasteiger partial charge in [0, 0.05) is 21.9 Å². The highest BCUT2D eigenvalue weighted by Gasteiger charge is 2.22. The van der Waals surface area contributed by atoms with E-state index in [-0.39, 0.29) is 0 Å². The van der Waals surface area contributed by atoms with Gasteiger partial charge >= 0.3 is 0 Å². The van der Waals surface area contributed by atoms with Gasteiger partial charge in [-0.1, -0.05) is 176 Å². The first kappa shape index (κ1) is 31.1. The summed E-state index contributed by atoms with van der Waals surface area (Å²) in [6, 6.07) is 65.7. The highest BCUT2D eigenvalue weighted by molar-refractivity contribution is 6.23. The van der Waals surface area contributed by atoms with Crippen LogP contribution in [0.25, 0.3) is 111 Å². The summed E-state index contributed by atoms with van der Waals surface area (Å²) in [5.74, 6) is 1.76. The van der Waals surface area contributed by atoms with Gasteiger partial charge in [0.2, 0.25) is 0 Å². The van der Waals surface area contributed by atoms with Crippen molar-refractivity contribution in [3.05, 3.63) is 188 Å². The molecular formula is C51H31N3O. The van der Waals surface area contributed by atoms with Crippen LogP contribution in [0.2, 0.25) is 0 Å². The molecule has 55 heavy (non-hydrogen) atoms. The summed E-state index contributed by atoms with van der Waals surface area (Å²) in [7, 11) is 0. The molecule has 0 saturated carbocycles. The lowest BCUT2D eigenvalue weighted by atomic mass is 9.86. The molecular weight excluding hydrogens is 671 g/mol. The molecule has 0 fully saturated rings. The maximum absolute atomic E-state index is 6.53. The van der Waals surface area contributed by atoms with Crippen LogP contribution in [0.3, 0.4) is 0 Å². The molecule has 11 aromatic rings. The molecule has 0 aliphatic carbocycles. The zero-order valence-corrected chi connectivity index (χ0v) is 29.6. The quantitative estimate of drug-likeness (QED) is 0.168. The number of hydrogen-bond donors (Lipinski definition) is 0. The number of aromatic nitrogens is 3. The number of para-hydroxylation sites is 2. The summed E-state index contributed by atoms with van der Waals surface area (Å²) in [5, 5.41) is 8.95. The number of rotatable bonds is 5. The Morgan fingerprint density at radius 2 is 0.782 bits per heavy atom. The topological polar surface area (TPSA) is 51.8 Å². The molecule has 0 aliphatic heterocycles. The average molecular weight is 702 g/mol. The van der Waals surface area contributed by atoms with E-state index in [2.05, 4.69) is 158 Å². The van der Waals surface area contributed by atoms with Crippen LogP contribution in [0.1, 0.15) is 0 Å². The van der Waals surface area contributed by atoms with E-state index in [1.807, 2.05) is 30.3 Å². The lowest BCUT2D eigenvalue weighted by molar-refractivity contribution is 0.669. The van der Waals surface area contributed by atoms with Crippen LogP contribution in [0.4, 0.5) is 0 Å². The lowest BCUT2D eigenvalue weighted by Gasteiger charge is -2.18. The van der Waals surface area contributed by atoms with Crippen molar-refractivity contribution in [2.24, 2.45) is 0 Å². The lowest BCUT2D eigenvalue weighted by Crippen LogP contribution is -2.02. The third-order valence-electron chi connectivity index (χ3n) is 10.7. The standard InChI is InChI=1S/C51H31N3O/c1-2-14-32(15-3-1)33-28-30-35(31-29-33)49-52-50(44-26-13-25-43-37-19-10-11-27-45(37)55-48(43)44)54-51(53-49)47-41-22-8-6-20-39(41)46(40-21-7-9-23-42(40)47)38-24-12-17-34-16-4-5-18-36(34)38/h1-31H. The second kappa shape index (κ2) is 12.6. The smallest absolute Gasteiger partial charge is 0.167 e. The Balaban J connectivity index is 1.20. The van der Waals surface area contributed by atoms with Gasteiger partial charge in [0.25, 0.3) is 0 Å². The fourth-order valence-electron chi connectivity index (χ4n) is 8.21. The highest BCUT2D eigenvalue weighted by Crippen LogP contribution is 2.45. The normalized spacial score (nSPS) is 11.6. The van der Waals surface area contributed by atoms with E-state index in [0.717, 1.165) is 71.3 Å². The van der Waals surface area contributed by atoms with E-state index in [1.54, 1.807) is 0 Å². The third-order valence-corrected chi connectivity index (χ3v) is 10.7. The molecule has 9 aromatic carbocycles. The Kier molecular flexibility index (Phi) is 7.14. The molecule has 2 heterocycles. The van der Waals surface area contributed by atoms with Crippen molar-refractivity contribution in [2.45, 2.75) is 0 Å². The summed E-state index contributed by atoms with van der Waals surface area (Å²) in [6.45, 7) is 0. The van der Waals surface area contributed by atoms with Crippen molar-refractivity contribution in [1.29, 1.82) is 0 Å². The zero-order valence-electron chi connectivity index (χ0n) is 29.6. The van der Waals surface area contributed by atoms with Crippen molar-refractivity contribution in [2.75, 3.05) is 0 Å². The monoisotopic (exact) mass is 701 g/mol. The number of hydrogen-bond acceptors (Lipinski definition) is 4. The Morgan fingerprint density at radius 1 is 0.291 bits per heavy atom. The molecule has 0 bridgehead atoms. The van der Waals surface area contributed by atoms with Crippen LogP contribution in [0.15, 0.2) is 192 Å². The zero-order chi connectivity index (χ0) is 36.3. The van der Waals surface area contributed by atoms with Gasteiger partial charge in [-0.15, -0.1) is 0 Å². The molecule has 0 amide bonds. The predicted octanol–water partition coefficient (Wildman–Crippen LogP) is 13.6. The molecule has 0 N–H and O–H groups in total. The largest absolute Gasteiger partial charge is 0.455 e. The summed E-state index contributed by atoms with van der Waals surface area (Å²) in [4.78, 5) is 15.9. The highest BCUT2D eigenvalue weighted by atomic mass is 16.3. The number of furan rings is 1. The summed E-state index contributed by atoms with van der Waals surface area (Å²) in [5.41, 5.74) is 8.97. The van der Waals surface area contributed by atoms with E-state index in [0.29, 0.717) is 17.5 Å². The van der Waals surface area contributed by atoms with Gasteiger partial charge in [-0.25, -0.2) is 15.0 Å². The molecule has 0 radical (unpaired) electrons. The minimum Gasteiger partial charge on any atom is -0.455 e. The van der Waals surface area contributed by atoms with Crippen LogP contribution in [-0.2, 0) is 0 Å². The molecule has 0 spiro atoms. The van der Waals surface area contributed by atoms with E-state index < -0.39 is 0 Å². The van der Waals surface area contributed by atoms with Gasteiger partial charge in [-0.3, -0.25) is 0 Å². The molecule has 2 aromatic heterocycles. The van der Waals surface area contributed by atoms with Crippen molar-refractivity contribution in [3.8, 4) is 56.4 Å². The summed E-state index contributed by atoms with van der Waals surface area (Å²) < 4.78 is 6.53. The van der Waals surface area contributed by atoms with Crippen molar-refractivity contribution >= 4 is 54.3 Å². The predicted molar refractivity (Wildman–Crippen MR) is 227 cm³/mol. The van der Waals surface area contributed by atoms with Gasteiger partial charge in [-0.05, 0) is 66.7 Å². The van der Waals surface area contributed by atoms with E-state index in [4.69, 9.17) is 19.4 Å². The minimum atomic E-state index is 0.558. The number of benzene rings is 9. The first-order chi connectivity index (χ1) is 27.3. The second-order valence-electron chi connectivity index (χ2n) is 13.9. The van der Waals surface area contributed by atoms with Crippen LogP contribution >= 0.6 is 0 Å². The van der Waals surface area contributed by atoms with Gasteiger partial charge in [-0.2, -0.15) is 0 Å². The van der Waals surface area contributed by atoms with Gasteiger partial charge < -0.3 is 4.42 Å². The van der Waals surface area contributed by atoms with E-state index in [9.17, 15) is 0 Å². The van der Waals surface area contributed by atoms with Gasteiger partial charge in [0.05, 0.1) is 5.56 Å². The Hall–Kier alpha value is -7.43.